The molecule has 35 heteroatoms. The topological polar surface area (TPSA) is 409 Å². The van der Waals surface area contributed by atoms with Crippen LogP contribution >= 0.6 is 27.5 Å². The lowest BCUT2D eigenvalue weighted by molar-refractivity contribution is -0.389. The molecule has 4 fully saturated rings. The van der Waals surface area contributed by atoms with Crippen LogP contribution in [0.3, 0.4) is 0 Å². The Balaban J connectivity index is 0.000000148. The molecule has 11 aromatic rings. The van der Waals surface area contributed by atoms with Crippen molar-refractivity contribution >= 4 is 138 Å². The lowest BCUT2D eigenvalue weighted by atomic mass is 10.1. The second kappa shape index (κ2) is 37.6. The van der Waals surface area contributed by atoms with Crippen LogP contribution in [0.4, 0.5) is 68.8 Å². The standard InChI is InChI=1S/C25H28N6O3S.C14H13ClN4O3S.C10H13N3O2.2C10H15N3.C5H3BrN2O2/c1-30-25(32)23-21(28-20-8-4-5-9-22(20)35(2,33)34)15-18(27-24(23)29-30)14-17-10-11-19(16-26-17)31-12-6-3-7-13-31;1-19-14(20)12-9(7-11(15)17-13(12)18-19)16-8-5-3-4-6-10(8)23(2,21)22;14-13(15)10-5-4-9(8-11-10)12-6-2-1-3-7-12;2*11-10-5-4-9(8-12-10)13-6-2-1-3-7-13;6-4-1-2-5(7-3-4)8(9)10/h4-5,8-11,15-16H,3,6-7,12-14H2,1-2H3,(H2,27,28,29);3-7H,1-2H3,(H2,16,17,18);4-5,8H,1-3,6-7H2;2*4-5,8H,1-3,6-7H2,(H2,11,12);1-3H. The molecule has 31 nitrogen and oxygen atoms in total. The van der Waals surface area contributed by atoms with Gasteiger partial charge in [-0.25, -0.2) is 36.8 Å². The fraction of sp³-hybridized carbons (Fsp3) is 0.338. The molecule has 9 aromatic heterocycles. The number of hydrogen-bond donors (Lipinski definition) is 6. The Morgan fingerprint density at radius 2 is 0.835 bits per heavy atom. The van der Waals surface area contributed by atoms with Crippen molar-refractivity contribution in [3.8, 4) is 0 Å². The van der Waals surface area contributed by atoms with Gasteiger partial charge in [0, 0.05) is 103 Å². The molecule has 0 saturated carbocycles. The van der Waals surface area contributed by atoms with Gasteiger partial charge in [0.1, 0.15) is 27.6 Å². The Hall–Kier alpha value is -11.1. The summed E-state index contributed by atoms with van der Waals surface area (Å²) >= 11 is 9.09. The third kappa shape index (κ3) is 22.5. The highest BCUT2D eigenvalue weighted by atomic mass is 79.9. The molecule has 0 amide bonds. The van der Waals surface area contributed by atoms with Gasteiger partial charge in [0.15, 0.2) is 43.4 Å². The molecule has 8 N–H and O–H groups in total. The molecule has 0 atom stereocenters. The number of H-pyrrole nitrogens is 2. The highest BCUT2D eigenvalue weighted by Gasteiger charge is 2.22. The highest BCUT2D eigenvalue weighted by Crippen LogP contribution is 2.32. The minimum absolute atomic E-state index is 0.0873. The summed E-state index contributed by atoms with van der Waals surface area (Å²) in [4.78, 5) is 83.0. The van der Waals surface area contributed by atoms with Crippen molar-refractivity contribution in [3.63, 3.8) is 0 Å². The second-order valence-electron chi connectivity index (χ2n) is 26.3. The summed E-state index contributed by atoms with van der Waals surface area (Å²) in [7, 11) is -3.71. The van der Waals surface area contributed by atoms with Crippen molar-refractivity contribution in [2.75, 3.05) is 107 Å². The average Bonchev–Trinajstić information content (AvgIpc) is 1.66. The fourth-order valence-electron chi connectivity index (χ4n) is 12.6. The number of nitrogens with two attached hydrogens (primary N) is 2. The predicted octanol–water partition coefficient (Wildman–Crippen LogP) is 12.5. The molecule has 109 heavy (non-hydrogen) atoms. The summed E-state index contributed by atoms with van der Waals surface area (Å²) in [5.41, 5.74) is 19.0. The maximum absolute atomic E-state index is 12.8. The van der Waals surface area contributed by atoms with Crippen LogP contribution in [0.5, 0.6) is 0 Å². The van der Waals surface area contributed by atoms with E-state index in [0.717, 1.165) is 86.4 Å². The molecule has 574 valence electrons. The first kappa shape index (κ1) is 80.4. The van der Waals surface area contributed by atoms with E-state index in [0.29, 0.717) is 68.6 Å². The monoisotopic (exact) mass is 1610 g/mol. The van der Waals surface area contributed by atoms with Gasteiger partial charge in [0.2, 0.25) is 0 Å². The second-order valence-corrected chi connectivity index (χ2v) is 31.6. The number of para-hydroxylation sites is 2. The zero-order chi connectivity index (χ0) is 77.8. The van der Waals surface area contributed by atoms with Gasteiger partial charge in [-0.1, -0.05) is 35.9 Å². The van der Waals surface area contributed by atoms with Gasteiger partial charge in [0.05, 0.1) is 84.0 Å². The third-order valence-electron chi connectivity index (χ3n) is 18.2. The lowest BCUT2D eigenvalue weighted by Gasteiger charge is -2.28. The summed E-state index contributed by atoms with van der Waals surface area (Å²) in [5.74, 6) is 0.973. The molecule has 4 saturated heterocycles. The van der Waals surface area contributed by atoms with E-state index in [1.54, 1.807) is 81.0 Å². The normalized spacial score (nSPS) is 14.4. The minimum Gasteiger partial charge on any atom is -0.384 e. The van der Waals surface area contributed by atoms with Gasteiger partial charge in [-0.2, -0.15) is 0 Å². The maximum atomic E-state index is 12.8. The molecule has 0 bridgehead atoms. The van der Waals surface area contributed by atoms with E-state index >= 15 is 0 Å². The van der Waals surface area contributed by atoms with Crippen molar-refractivity contribution in [1.29, 1.82) is 0 Å². The van der Waals surface area contributed by atoms with Crippen LogP contribution in [-0.2, 0) is 40.2 Å². The minimum atomic E-state index is -3.47. The van der Waals surface area contributed by atoms with Crippen LogP contribution in [0.25, 0.3) is 22.1 Å². The number of sulfone groups is 2. The van der Waals surface area contributed by atoms with Crippen molar-refractivity contribution in [1.82, 2.24) is 54.4 Å². The van der Waals surface area contributed by atoms with Crippen LogP contribution in [0.2, 0.25) is 5.15 Å². The maximum Gasteiger partial charge on any atom is 0.363 e. The number of nitrogens with zero attached hydrogens (tertiary/aromatic N) is 15. The number of rotatable bonds is 14. The number of aryl methyl sites for hydroxylation is 2. The number of nitrogen functional groups attached to an aromatic ring is 2. The number of halogens is 2. The van der Waals surface area contributed by atoms with Crippen molar-refractivity contribution < 1.29 is 26.7 Å². The van der Waals surface area contributed by atoms with Crippen molar-refractivity contribution in [2.45, 2.75) is 93.3 Å². The van der Waals surface area contributed by atoms with E-state index in [-0.39, 0.29) is 37.7 Å². The molecule has 0 aliphatic carbocycles. The quantitative estimate of drug-likeness (QED) is 0.0334. The number of nitro groups is 2. The Morgan fingerprint density at radius 1 is 0.468 bits per heavy atom. The summed E-state index contributed by atoms with van der Waals surface area (Å²) < 4.78 is 51.8. The first-order chi connectivity index (χ1) is 52.3. The predicted molar refractivity (Wildman–Crippen MR) is 431 cm³/mol. The molecule has 2 aromatic carbocycles. The van der Waals surface area contributed by atoms with Gasteiger partial charge in [0.25, 0.3) is 11.1 Å². The molecular weight excluding hydrogens is 1520 g/mol. The number of anilines is 10. The molecule has 13 heterocycles. The summed E-state index contributed by atoms with van der Waals surface area (Å²) in [6.45, 7) is 8.81. The summed E-state index contributed by atoms with van der Waals surface area (Å²) in [6.07, 6.45) is 26.6. The summed E-state index contributed by atoms with van der Waals surface area (Å²) in [6, 6.07) is 34.4. The third-order valence-corrected chi connectivity index (χ3v) is 21.1. The number of nitrogens with one attached hydrogen (secondary N) is 4. The fourth-order valence-corrected chi connectivity index (χ4v) is 14.8. The van der Waals surface area contributed by atoms with E-state index < -0.39 is 29.5 Å². The molecule has 0 radical (unpaired) electrons. The molecule has 0 unspecified atom stereocenters. The molecular formula is C74H87BrClN21O10S2. The van der Waals surface area contributed by atoms with Crippen LogP contribution in [-0.4, -0.2) is 146 Å². The van der Waals surface area contributed by atoms with Crippen LogP contribution in [0, 0.1) is 20.2 Å². The Bertz CT molecular complexity index is 5190. The zero-order valence-electron chi connectivity index (χ0n) is 60.8. The molecule has 0 spiro atoms. The van der Waals surface area contributed by atoms with Crippen LogP contribution in [0.1, 0.15) is 88.4 Å². The number of pyridine rings is 7. The van der Waals surface area contributed by atoms with Gasteiger partial charge < -0.3 is 61.9 Å². The van der Waals surface area contributed by atoms with E-state index in [1.807, 2.05) is 48.9 Å². The van der Waals surface area contributed by atoms with Crippen molar-refractivity contribution in [3.05, 3.63) is 214 Å². The molecule has 4 aliphatic heterocycles. The van der Waals surface area contributed by atoms with E-state index in [2.05, 4.69) is 97.3 Å². The summed E-state index contributed by atoms with van der Waals surface area (Å²) in [5, 5.41) is 33.2. The van der Waals surface area contributed by atoms with Crippen LogP contribution in [0.15, 0.2) is 176 Å². The number of piperidine rings is 4. The van der Waals surface area contributed by atoms with Gasteiger partial charge in [-0.05, 0) is 198 Å². The largest absolute Gasteiger partial charge is 0.384 e. The SMILES string of the molecule is Cn1[nH]c2nc(Cc3ccc(N4CCCCC4)cn3)cc(Nc3ccccc3S(C)(=O)=O)c2c1=O.Cn1[nH]c2nc(Cl)cc(Nc3ccccc3S(C)(=O)=O)c2c1=O.Nc1ccc(N2CCCCC2)cn1.Nc1ccc(N2CCCCC2)cn1.O=[N+]([O-])c1ccc(Br)cn1.O=[N+]([O-])c1ccc(N2CCCCC2)cn1. The number of aromatic nitrogens is 11. The number of benzene rings is 2. The van der Waals surface area contributed by atoms with E-state index in [4.69, 9.17) is 23.1 Å². The Kier molecular flexibility index (Phi) is 27.8. The highest BCUT2D eigenvalue weighted by molar-refractivity contribution is 9.10. The number of aromatic amines is 2. The average molecular weight is 1610 g/mol. The molecule has 4 aliphatic rings. The first-order valence-corrected chi connectivity index (χ1v) is 40.4. The van der Waals surface area contributed by atoms with Crippen LogP contribution < -0.4 is 52.8 Å². The lowest BCUT2D eigenvalue weighted by Crippen LogP contribution is -2.29. The zero-order valence-corrected chi connectivity index (χ0v) is 64.8. The first-order valence-electron chi connectivity index (χ1n) is 35.5. The van der Waals surface area contributed by atoms with Gasteiger partial charge in [-0.15, -0.1) is 0 Å². The smallest absolute Gasteiger partial charge is 0.363 e. The Morgan fingerprint density at radius 3 is 1.19 bits per heavy atom. The van der Waals surface area contributed by atoms with E-state index in [9.17, 15) is 46.7 Å². The number of fused-ring (bicyclic) bond motifs is 2. The van der Waals surface area contributed by atoms with Gasteiger partial charge in [-0.3, -0.25) is 34.1 Å². The number of hydrogen-bond acceptors (Lipinski definition) is 25. The van der Waals surface area contributed by atoms with E-state index in [1.165, 1.54) is 128 Å². The van der Waals surface area contributed by atoms with Crippen molar-refractivity contribution in [2.24, 2.45) is 14.1 Å². The Labute approximate surface area is 643 Å². The molecule has 15 rings (SSSR count). The van der Waals surface area contributed by atoms with Gasteiger partial charge >= 0.3 is 11.6 Å².